The van der Waals surface area contributed by atoms with E-state index in [1.807, 2.05) is 6.08 Å². The summed E-state index contributed by atoms with van der Waals surface area (Å²) in [6.07, 6.45) is 72.3. The van der Waals surface area contributed by atoms with Gasteiger partial charge in [-0.05, 0) is 96.3 Å². The molecule has 1 heterocycles. The van der Waals surface area contributed by atoms with E-state index in [2.05, 4.69) is 86.8 Å². The summed E-state index contributed by atoms with van der Waals surface area (Å²) in [6, 6.07) is -1.04. The first-order valence-corrected chi connectivity index (χ1v) is 36.7. The Balaban J connectivity index is 2.58. The average Bonchev–Trinajstić information content (AvgIpc) is 1.52. The third-order valence-electron chi connectivity index (χ3n) is 17.1. The van der Waals surface area contributed by atoms with Crippen LogP contribution in [0.15, 0.2) is 72.9 Å². The van der Waals surface area contributed by atoms with E-state index in [4.69, 9.17) is 14.2 Å². The molecule has 1 fully saturated rings. The molecule has 1 saturated heterocycles. The van der Waals surface area contributed by atoms with Gasteiger partial charge in [-0.25, -0.2) is 0 Å². The number of aliphatic hydroxyl groups excluding tert-OH is 5. The summed E-state index contributed by atoms with van der Waals surface area (Å²) >= 11 is 0. The molecular weight excluding hydrogens is 1090 g/mol. The number of aliphatic hydroxyl groups is 5. The fourth-order valence-electron chi connectivity index (χ4n) is 11.3. The number of carbonyl (C=O) groups is 2. The zero-order valence-electron chi connectivity index (χ0n) is 56.4. The van der Waals surface area contributed by atoms with Crippen molar-refractivity contribution in [3.63, 3.8) is 0 Å². The Morgan fingerprint density at radius 2 is 0.793 bits per heavy atom. The molecule has 0 aromatic carbocycles. The van der Waals surface area contributed by atoms with Gasteiger partial charge in [-0.2, -0.15) is 0 Å². The monoisotopic (exact) mass is 1220 g/mol. The van der Waals surface area contributed by atoms with Crippen molar-refractivity contribution in [2.24, 2.45) is 0 Å². The van der Waals surface area contributed by atoms with Crippen molar-refractivity contribution in [1.82, 2.24) is 5.32 Å². The molecule has 1 aliphatic rings. The van der Waals surface area contributed by atoms with Gasteiger partial charge in [-0.3, -0.25) is 9.59 Å². The number of nitrogens with one attached hydrogen (secondary N) is 1. The van der Waals surface area contributed by atoms with E-state index < -0.39 is 67.4 Å². The van der Waals surface area contributed by atoms with Gasteiger partial charge in [0.15, 0.2) is 12.4 Å². The smallest absolute Gasteiger partial charge is 0.306 e. The maximum absolute atomic E-state index is 13.5. The fraction of sp³-hybridized carbons (Fsp3) is 0.816. The standard InChI is InChI=1S/C76H137NO10/c1-4-7-10-13-16-19-22-25-27-29-31-33-34-35-36-37-39-41-43-46-49-52-55-58-61-64-71(81)87-74-73(83)72(82)70(65-78)86-76(74)85-66-67(68(79)62-59-56-53-50-47-44-24-21-18-15-12-9-6-3)77-75(84)69(80)63-60-57-54-51-48-45-42-40-38-32-30-28-26-23-20-17-14-11-8-5-2/h17,20,25-28,32,38,42,45,59,62,67-70,72-74,76,78-80,82-83H,4-16,18-19,21-24,29-31,33-37,39-41,43-44,46-58,60-61,63-66H2,1-3H3,(H,77,84)/b20-17-,27-25+,28-26-,38-32-,45-42-,62-59+. The number of hydrogen-bond donors (Lipinski definition) is 6. The Hall–Kier alpha value is -2.90. The van der Waals surface area contributed by atoms with Crippen LogP contribution in [0.3, 0.4) is 0 Å². The predicted octanol–water partition coefficient (Wildman–Crippen LogP) is 19.1. The molecule has 0 aromatic heterocycles. The Bertz CT molecular complexity index is 1690. The van der Waals surface area contributed by atoms with Crippen LogP contribution < -0.4 is 5.32 Å². The molecule has 0 spiro atoms. The van der Waals surface area contributed by atoms with Crippen LogP contribution in [0, 0.1) is 0 Å². The minimum Gasteiger partial charge on any atom is -0.454 e. The zero-order valence-corrected chi connectivity index (χ0v) is 56.4. The molecule has 8 unspecified atom stereocenters. The molecular formula is C76H137NO10. The van der Waals surface area contributed by atoms with E-state index in [-0.39, 0.29) is 19.4 Å². The summed E-state index contributed by atoms with van der Waals surface area (Å²) in [5.74, 6) is -1.20. The largest absolute Gasteiger partial charge is 0.454 e. The molecule has 0 bridgehead atoms. The van der Waals surface area contributed by atoms with Crippen molar-refractivity contribution in [3.8, 4) is 0 Å². The normalized spacial score (nSPS) is 18.6. The number of esters is 1. The quantitative estimate of drug-likeness (QED) is 0.0195. The van der Waals surface area contributed by atoms with E-state index >= 15 is 0 Å². The molecule has 0 aromatic rings. The lowest BCUT2D eigenvalue weighted by Crippen LogP contribution is -2.61. The van der Waals surface area contributed by atoms with Crippen LogP contribution in [-0.4, -0.2) is 99.6 Å². The van der Waals surface area contributed by atoms with E-state index in [1.165, 1.54) is 205 Å². The van der Waals surface area contributed by atoms with Crippen molar-refractivity contribution in [3.05, 3.63) is 72.9 Å². The number of ether oxygens (including phenoxy) is 3. The lowest BCUT2D eigenvalue weighted by Gasteiger charge is -2.41. The summed E-state index contributed by atoms with van der Waals surface area (Å²) in [7, 11) is 0. The predicted molar refractivity (Wildman–Crippen MR) is 366 cm³/mol. The second kappa shape index (κ2) is 63.3. The van der Waals surface area contributed by atoms with Gasteiger partial charge in [-0.1, -0.05) is 306 Å². The maximum Gasteiger partial charge on any atom is 0.306 e. The van der Waals surface area contributed by atoms with Gasteiger partial charge in [0.25, 0.3) is 0 Å². The number of amides is 1. The number of unbranched alkanes of at least 4 members (excludes halogenated alkanes) is 39. The highest BCUT2D eigenvalue weighted by molar-refractivity contribution is 5.80. The van der Waals surface area contributed by atoms with Crippen LogP contribution in [-0.2, 0) is 23.8 Å². The summed E-state index contributed by atoms with van der Waals surface area (Å²) in [6.45, 7) is 5.79. The third-order valence-corrected chi connectivity index (χ3v) is 17.1. The molecule has 0 aliphatic carbocycles. The maximum atomic E-state index is 13.5. The molecule has 506 valence electrons. The minimum atomic E-state index is -1.62. The molecule has 0 saturated carbocycles. The molecule has 11 nitrogen and oxygen atoms in total. The SMILES string of the molecule is CCCCC/C=C\C/C=C\C/C=C\C/C=C\CCCCCCC(O)C(=O)NC(COC1OC(CO)C(O)C(O)C1OC(=O)CCCCCCCCCCCCCCCCC/C=C/CCCCCCCC)C(O)/C=C/CCCCCCCCCCCCC. The Morgan fingerprint density at radius 1 is 0.448 bits per heavy atom. The van der Waals surface area contributed by atoms with Gasteiger partial charge in [-0.15, -0.1) is 0 Å². The second-order valence-corrected chi connectivity index (χ2v) is 25.3. The number of hydrogen-bond acceptors (Lipinski definition) is 10. The Kier molecular flexibility index (Phi) is 59.7. The van der Waals surface area contributed by atoms with Crippen molar-refractivity contribution < 1.29 is 49.3 Å². The van der Waals surface area contributed by atoms with Crippen LogP contribution >= 0.6 is 0 Å². The number of carbonyl (C=O) groups excluding carboxylic acids is 2. The fourth-order valence-corrected chi connectivity index (χ4v) is 11.3. The van der Waals surface area contributed by atoms with Gasteiger partial charge < -0.3 is 45.1 Å². The summed E-state index contributed by atoms with van der Waals surface area (Å²) in [5, 5.41) is 57.3. The van der Waals surface area contributed by atoms with Crippen LogP contribution in [0.2, 0.25) is 0 Å². The molecule has 1 amide bonds. The van der Waals surface area contributed by atoms with Gasteiger partial charge in [0.2, 0.25) is 5.91 Å². The molecule has 11 heteroatoms. The van der Waals surface area contributed by atoms with Gasteiger partial charge in [0.1, 0.15) is 24.4 Å². The van der Waals surface area contributed by atoms with Crippen LogP contribution in [0.4, 0.5) is 0 Å². The number of allylic oxidation sites excluding steroid dienone is 11. The van der Waals surface area contributed by atoms with Crippen molar-refractivity contribution in [2.75, 3.05) is 13.2 Å². The van der Waals surface area contributed by atoms with Crippen molar-refractivity contribution >= 4 is 11.9 Å². The summed E-state index contributed by atoms with van der Waals surface area (Å²) in [4.78, 5) is 26.7. The molecule has 87 heavy (non-hydrogen) atoms. The lowest BCUT2D eigenvalue weighted by molar-refractivity contribution is -0.305. The minimum absolute atomic E-state index is 0.121. The number of rotatable bonds is 63. The van der Waals surface area contributed by atoms with Crippen LogP contribution in [0.5, 0.6) is 0 Å². The van der Waals surface area contributed by atoms with Gasteiger partial charge in [0.05, 0.1) is 25.4 Å². The van der Waals surface area contributed by atoms with E-state index in [1.54, 1.807) is 6.08 Å². The van der Waals surface area contributed by atoms with E-state index in [0.29, 0.717) is 12.8 Å². The lowest BCUT2D eigenvalue weighted by atomic mass is 9.99. The summed E-state index contributed by atoms with van der Waals surface area (Å²) in [5.41, 5.74) is 0. The van der Waals surface area contributed by atoms with E-state index in [9.17, 15) is 35.1 Å². The van der Waals surface area contributed by atoms with Crippen molar-refractivity contribution in [1.29, 1.82) is 0 Å². The first-order valence-electron chi connectivity index (χ1n) is 36.7. The highest BCUT2D eigenvalue weighted by atomic mass is 16.7. The summed E-state index contributed by atoms with van der Waals surface area (Å²) < 4.78 is 17.7. The Morgan fingerprint density at radius 3 is 1.22 bits per heavy atom. The average molecular weight is 1220 g/mol. The highest BCUT2D eigenvalue weighted by Gasteiger charge is 2.47. The molecule has 6 N–H and O–H groups in total. The third kappa shape index (κ3) is 50.4. The molecule has 1 aliphatic heterocycles. The van der Waals surface area contributed by atoms with Crippen LogP contribution in [0.25, 0.3) is 0 Å². The molecule has 8 atom stereocenters. The van der Waals surface area contributed by atoms with E-state index in [0.717, 1.165) is 83.5 Å². The first kappa shape index (κ1) is 82.1. The second-order valence-electron chi connectivity index (χ2n) is 25.3. The van der Waals surface area contributed by atoms with Crippen LogP contribution in [0.1, 0.15) is 335 Å². The topological polar surface area (TPSA) is 175 Å². The first-order chi connectivity index (χ1) is 42.7. The van der Waals surface area contributed by atoms with Gasteiger partial charge >= 0.3 is 5.97 Å². The Labute approximate surface area is 534 Å². The molecule has 0 radical (unpaired) electrons. The van der Waals surface area contributed by atoms with Crippen molar-refractivity contribution in [2.45, 2.75) is 384 Å². The zero-order chi connectivity index (χ0) is 63.1. The molecule has 1 rings (SSSR count). The van der Waals surface area contributed by atoms with Gasteiger partial charge in [0, 0.05) is 6.42 Å². The highest BCUT2D eigenvalue weighted by Crippen LogP contribution is 2.26.